The van der Waals surface area contributed by atoms with Crippen molar-refractivity contribution in [3.8, 4) is 0 Å². The molecule has 1 aliphatic rings. The van der Waals surface area contributed by atoms with Crippen molar-refractivity contribution in [1.82, 2.24) is 9.97 Å². The van der Waals surface area contributed by atoms with Crippen LogP contribution in [0.1, 0.15) is 12.8 Å². The number of aromatic nitrogens is 2. The van der Waals surface area contributed by atoms with Crippen LogP contribution in [-0.4, -0.2) is 29.0 Å². The fourth-order valence-corrected chi connectivity index (χ4v) is 4.38. The molecule has 0 aliphatic carbocycles. The van der Waals surface area contributed by atoms with Gasteiger partial charge in [0.05, 0.1) is 11.6 Å². The highest BCUT2D eigenvalue weighted by molar-refractivity contribution is 9.10. The van der Waals surface area contributed by atoms with Crippen LogP contribution in [0.15, 0.2) is 47.1 Å². The molecule has 2 aromatic heterocycles. The van der Waals surface area contributed by atoms with Crippen molar-refractivity contribution < 1.29 is 4.79 Å². The second-order valence-electron chi connectivity index (χ2n) is 6.08. The highest BCUT2D eigenvalue weighted by Crippen LogP contribution is 2.31. The first-order valence-electron chi connectivity index (χ1n) is 8.22. The zero-order chi connectivity index (χ0) is 17.2. The molecule has 5 nitrogen and oxygen atoms in total. The number of benzene rings is 1. The Labute approximate surface area is 158 Å². The van der Waals surface area contributed by atoms with Gasteiger partial charge in [-0.05, 0) is 53.0 Å². The van der Waals surface area contributed by atoms with Gasteiger partial charge in [0.2, 0.25) is 5.91 Å². The molecule has 1 aliphatic heterocycles. The summed E-state index contributed by atoms with van der Waals surface area (Å²) in [5.74, 6) is 0.0247. The van der Waals surface area contributed by atoms with E-state index in [-0.39, 0.29) is 11.8 Å². The predicted octanol–water partition coefficient (Wildman–Crippen LogP) is 4.31. The van der Waals surface area contributed by atoms with Gasteiger partial charge in [0.15, 0.2) is 5.13 Å². The molecule has 1 saturated heterocycles. The molecular formula is C18H17BrN4OS. The second-order valence-corrected chi connectivity index (χ2v) is 7.89. The molecule has 0 spiro atoms. The first-order chi connectivity index (χ1) is 12.2. The first-order valence-corrected chi connectivity index (χ1v) is 9.83. The summed E-state index contributed by atoms with van der Waals surface area (Å²) in [5, 5.41) is 3.99. The molecular weight excluding hydrogens is 400 g/mol. The lowest BCUT2D eigenvalue weighted by Crippen LogP contribution is -2.40. The summed E-state index contributed by atoms with van der Waals surface area (Å²) < 4.78 is 0.897. The summed E-state index contributed by atoms with van der Waals surface area (Å²) in [6.45, 7) is 1.62. The van der Waals surface area contributed by atoms with E-state index >= 15 is 0 Å². The molecule has 1 aromatic carbocycles. The Morgan fingerprint density at radius 2 is 2.16 bits per heavy atom. The van der Waals surface area contributed by atoms with E-state index in [9.17, 15) is 4.79 Å². The monoisotopic (exact) mass is 416 g/mol. The van der Waals surface area contributed by atoms with Gasteiger partial charge >= 0.3 is 0 Å². The normalized spacial score (nSPS) is 17.6. The minimum Gasteiger partial charge on any atom is -0.347 e. The molecule has 1 amide bonds. The summed E-state index contributed by atoms with van der Waals surface area (Å²) in [6, 6.07) is 11.6. The van der Waals surface area contributed by atoms with Crippen molar-refractivity contribution in [2.24, 2.45) is 5.92 Å². The van der Waals surface area contributed by atoms with Gasteiger partial charge in [-0.25, -0.2) is 9.97 Å². The fraction of sp³-hybridized carbons (Fsp3) is 0.278. The van der Waals surface area contributed by atoms with Crippen molar-refractivity contribution in [3.05, 3.63) is 47.1 Å². The molecule has 0 saturated carbocycles. The summed E-state index contributed by atoms with van der Waals surface area (Å²) >= 11 is 5.07. The average molecular weight is 417 g/mol. The predicted molar refractivity (Wildman–Crippen MR) is 105 cm³/mol. The number of pyridine rings is 1. The largest absolute Gasteiger partial charge is 0.347 e. The Morgan fingerprint density at radius 1 is 1.28 bits per heavy atom. The molecule has 0 unspecified atom stereocenters. The number of nitrogens with one attached hydrogen (secondary N) is 1. The lowest BCUT2D eigenvalue weighted by molar-refractivity contribution is -0.120. The Kier molecular flexibility index (Phi) is 4.67. The molecule has 0 bridgehead atoms. The van der Waals surface area contributed by atoms with Crippen LogP contribution >= 0.6 is 27.3 Å². The average Bonchev–Trinajstić information content (AvgIpc) is 3.08. The van der Waals surface area contributed by atoms with Crippen LogP contribution in [0, 0.1) is 5.92 Å². The summed E-state index contributed by atoms with van der Waals surface area (Å²) in [4.78, 5) is 24.9. The van der Waals surface area contributed by atoms with Gasteiger partial charge < -0.3 is 10.2 Å². The Balaban J connectivity index is 1.48. The number of rotatable bonds is 3. The third-order valence-electron chi connectivity index (χ3n) is 4.35. The van der Waals surface area contributed by atoms with Gasteiger partial charge in [-0.15, -0.1) is 0 Å². The lowest BCUT2D eigenvalue weighted by Gasteiger charge is -2.31. The van der Waals surface area contributed by atoms with Crippen molar-refractivity contribution in [1.29, 1.82) is 0 Å². The number of nitrogens with zero attached hydrogens (tertiary/aromatic N) is 3. The molecule has 1 atom stereocenters. The van der Waals surface area contributed by atoms with E-state index in [2.05, 4.69) is 36.1 Å². The van der Waals surface area contributed by atoms with Crippen molar-refractivity contribution >= 4 is 54.3 Å². The first kappa shape index (κ1) is 16.5. The summed E-state index contributed by atoms with van der Waals surface area (Å²) in [7, 11) is 0. The minimum atomic E-state index is -0.0409. The molecule has 1 fully saturated rings. The van der Waals surface area contributed by atoms with Crippen molar-refractivity contribution in [2.45, 2.75) is 12.8 Å². The van der Waals surface area contributed by atoms with Crippen LogP contribution in [-0.2, 0) is 4.79 Å². The van der Waals surface area contributed by atoms with Gasteiger partial charge in [0.25, 0.3) is 0 Å². The maximum absolute atomic E-state index is 12.7. The number of carbonyl (C=O) groups is 1. The standard InChI is InChI=1S/C18H17BrN4OS/c19-13-6-1-2-7-14(13)21-16(24)12-5-4-10-23(11-12)18-22-15-8-3-9-20-17(15)25-18/h1-3,6-9,12H,4-5,10-11H2,(H,21,24)/t12-/m1/s1. The number of hydrogen-bond acceptors (Lipinski definition) is 5. The van der Waals surface area contributed by atoms with Crippen LogP contribution in [0.25, 0.3) is 10.3 Å². The summed E-state index contributed by atoms with van der Waals surface area (Å²) in [5.41, 5.74) is 1.73. The van der Waals surface area contributed by atoms with E-state index in [1.807, 2.05) is 36.4 Å². The number of piperidine rings is 1. The van der Waals surface area contributed by atoms with Crippen LogP contribution in [0.3, 0.4) is 0 Å². The van der Waals surface area contributed by atoms with Crippen LogP contribution in [0.2, 0.25) is 0 Å². The number of fused-ring (bicyclic) bond motifs is 1. The fourth-order valence-electron chi connectivity index (χ4n) is 3.06. The van der Waals surface area contributed by atoms with E-state index in [0.29, 0.717) is 6.54 Å². The van der Waals surface area contributed by atoms with Crippen molar-refractivity contribution in [3.63, 3.8) is 0 Å². The molecule has 0 radical (unpaired) electrons. The highest BCUT2D eigenvalue weighted by atomic mass is 79.9. The summed E-state index contributed by atoms with van der Waals surface area (Å²) in [6.07, 6.45) is 3.67. The Morgan fingerprint density at radius 3 is 3.00 bits per heavy atom. The van der Waals surface area contributed by atoms with Gasteiger partial charge in [0.1, 0.15) is 10.3 Å². The number of carbonyl (C=O) groups excluding carboxylic acids is 1. The maximum atomic E-state index is 12.7. The number of thiazole rings is 1. The van der Waals surface area contributed by atoms with Crippen LogP contribution in [0.5, 0.6) is 0 Å². The van der Waals surface area contributed by atoms with Gasteiger partial charge in [-0.1, -0.05) is 23.5 Å². The smallest absolute Gasteiger partial charge is 0.229 e. The third kappa shape index (κ3) is 3.52. The minimum absolute atomic E-state index is 0.0409. The molecule has 128 valence electrons. The van der Waals surface area contributed by atoms with Crippen LogP contribution < -0.4 is 10.2 Å². The number of halogens is 1. The molecule has 3 aromatic rings. The van der Waals surface area contributed by atoms with E-state index in [0.717, 1.165) is 45.0 Å². The number of anilines is 2. The number of para-hydroxylation sites is 1. The Bertz CT molecular complexity index is 880. The third-order valence-corrected chi connectivity index (χ3v) is 6.08. The van der Waals surface area contributed by atoms with E-state index in [4.69, 9.17) is 0 Å². The Hall–Kier alpha value is -1.99. The lowest BCUT2D eigenvalue weighted by atomic mass is 9.97. The second kappa shape index (κ2) is 7.09. The molecule has 1 N–H and O–H groups in total. The van der Waals surface area contributed by atoms with E-state index < -0.39 is 0 Å². The van der Waals surface area contributed by atoms with E-state index in [1.165, 1.54) is 0 Å². The molecule has 25 heavy (non-hydrogen) atoms. The topological polar surface area (TPSA) is 58.1 Å². The SMILES string of the molecule is O=C(Nc1ccccc1Br)[C@@H]1CCCN(c2nc3cccnc3s2)C1. The van der Waals surface area contributed by atoms with Gasteiger partial charge in [-0.3, -0.25) is 4.79 Å². The van der Waals surface area contributed by atoms with Crippen molar-refractivity contribution in [2.75, 3.05) is 23.3 Å². The zero-order valence-electron chi connectivity index (χ0n) is 13.5. The molecule has 3 heterocycles. The molecule has 7 heteroatoms. The van der Waals surface area contributed by atoms with Crippen LogP contribution in [0.4, 0.5) is 10.8 Å². The number of hydrogen-bond donors (Lipinski definition) is 1. The van der Waals surface area contributed by atoms with E-state index in [1.54, 1.807) is 17.5 Å². The van der Waals surface area contributed by atoms with Gasteiger partial charge in [0, 0.05) is 23.8 Å². The number of amides is 1. The quantitative estimate of drug-likeness (QED) is 0.690. The van der Waals surface area contributed by atoms with Gasteiger partial charge in [-0.2, -0.15) is 0 Å². The maximum Gasteiger partial charge on any atom is 0.229 e. The highest BCUT2D eigenvalue weighted by Gasteiger charge is 2.27. The molecule has 4 rings (SSSR count). The zero-order valence-corrected chi connectivity index (χ0v) is 15.9.